The van der Waals surface area contributed by atoms with Gasteiger partial charge < -0.3 is 9.47 Å². The summed E-state index contributed by atoms with van der Waals surface area (Å²) in [5.41, 5.74) is 1.08. The summed E-state index contributed by atoms with van der Waals surface area (Å²) in [7, 11) is 0. The first kappa shape index (κ1) is 15.2. The zero-order chi connectivity index (χ0) is 17.0. The number of allylic oxidation sites excluding steroid dienone is 2. The van der Waals surface area contributed by atoms with E-state index in [0.29, 0.717) is 11.8 Å². The normalized spacial score (nSPS) is 29.3. The van der Waals surface area contributed by atoms with Gasteiger partial charge in [0.25, 0.3) is 0 Å². The van der Waals surface area contributed by atoms with Crippen LogP contribution in [0.3, 0.4) is 0 Å². The molecule has 4 rings (SSSR count). The van der Waals surface area contributed by atoms with E-state index in [1.54, 1.807) is 0 Å². The lowest BCUT2D eigenvalue weighted by atomic mass is 9.76. The monoisotopic (exact) mass is 324 g/mol. The van der Waals surface area contributed by atoms with Gasteiger partial charge >= 0.3 is 11.9 Å². The molecule has 4 nitrogen and oxygen atoms in total. The number of esters is 2. The van der Waals surface area contributed by atoms with Crippen molar-refractivity contribution in [3.05, 3.63) is 46.4 Å². The first-order valence-corrected chi connectivity index (χ1v) is 8.36. The van der Waals surface area contributed by atoms with Crippen molar-refractivity contribution in [2.24, 2.45) is 23.7 Å². The smallest absolute Gasteiger partial charge is 0.307 e. The number of carbonyl (C=O) groups is 2. The summed E-state index contributed by atoms with van der Waals surface area (Å²) >= 11 is 0. The van der Waals surface area contributed by atoms with Crippen molar-refractivity contribution in [3.8, 4) is 0 Å². The number of ether oxygens (including phenoxy) is 2. The van der Waals surface area contributed by atoms with Crippen molar-refractivity contribution in [3.63, 3.8) is 0 Å². The minimum Gasteiger partial charge on any atom is -0.430 e. The molecule has 0 aromatic heterocycles. The Morgan fingerprint density at radius 2 is 1.46 bits per heavy atom. The molecule has 24 heavy (non-hydrogen) atoms. The Hall–Kier alpha value is -2.36. The van der Waals surface area contributed by atoms with Crippen molar-refractivity contribution in [1.82, 2.24) is 0 Å². The van der Waals surface area contributed by atoms with Gasteiger partial charge in [0.1, 0.15) is 11.5 Å². The molecule has 0 aliphatic heterocycles. The Labute approximate surface area is 140 Å². The van der Waals surface area contributed by atoms with Crippen LogP contribution in [0.1, 0.15) is 25.8 Å². The van der Waals surface area contributed by atoms with Crippen LogP contribution in [0.25, 0.3) is 11.5 Å². The molecule has 0 saturated heterocycles. The number of hydrogen-bond acceptors (Lipinski definition) is 4. The molecule has 4 heteroatoms. The quantitative estimate of drug-likeness (QED) is 0.615. The van der Waals surface area contributed by atoms with Crippen LogP contribution >= 0.6 is 0 Å². The fourth-order valence-electron chi connectivity index (χ4n) is 4.53. The number of hydrogen-bond donors (Lipinski definition) is 0. The summed E-state index contributed by atoms with van der Waals surface area (Å²) in [5.74, 6) is 1.63. The van der Waals surface area contributed by atoms with Gasteiger partial charge in [0.2, 0.25) is 0 Å². The maximum atomic E-state index is 11.7. The minimum absolute atomic E-state index is 0.0625. The molecule has 4 unspecified atom stereocenters. The molecule has 0 amide bonds. The average Bonchev–Trinajstić information content (AvgIpc) is 3.11. The Balaban J connectivity index is 2.05. The van der Waals surface area contributed by atoms with E-state index in [-0.39, 0.29) is 23.8 Å². The molecule has 3 aliphatic carbocycles. The van der Waals surface area contributed by atoms with Crippen molar-refractivity contribution < 1.29 is 19.1 Å². The summed E-state index contributed by atoms with van der Waals surface area (Å²) in [6.45, 7) is 4.88. The van der Waals surface area contributed by atoms with E-state index in [1.807, 2.05) is 25.1 Å². The Morgan fingerprint density at radius 1 is 0.917 bits per heavy atom. The standard InChI is InChI=1S/C20H20O4/c1-10-4-7-15-16(8-10)20(24-12(3)22)18-14-6-5-13(9-14)17(18)19(15)23-11(2)21/h4-8,13-14,17-18H,9H2,1-3H3. The second kappa shape index (κ2) is 5.33. The fraction of sp³-hybridized carbons (Fsp3) is 0.400. The lowest BCUT2D eigenvalue weighted by Gasteiger charge is -2.33. The molecule has 0 heterocycles. The van der Waals surface area contributed by atoms with Gasteiger partial charge in [-0.25, -0.2) is 0 Å². The second-order valence-corrected chi connectivity index (χ2v) is 6.96. The lowest BCUT2D eigenvalue weighted by Crippen LogP contribution is -2.43. The second-order valence-electron chi connectivity index (χ2n) is 6.96. The Kier molecular flexibility index (Phi) is 3.37. The third kappa shape index (κ3) is 2.20. The molecule has 2 bridgehead atoms. The van der Waals surface area contributed by atoms with Gasteiger partial charge in [-0.3, -0.25) is 9.59 Å². The highest BCUT2D eigenvalue weighted by molar-refractivity contribution is 5.76. The van der Waals surface area contributed by atoms with Gasteiger partial charge in [0, 0.05) is 36.1 Å². The van der Waals surface area contributed by atoms with Crippen LogP contribution in [0, 0.1) is 30.6 Å². The zero-order valence-electron chi connectivity index (χ0n) is 14.0. The number of carbonyl (C=O) groups excluding carboxylic acids is 2. The first-order chi connectivity index (χ1) is 11.5. The summed E-state index contributed by atoms with van der Waals surface area (Å²) in [6.07, 6.45) is 5.43. The van der Waals surface area contributed by atoms with Crippen molar-refractivity contribution in [2.75, 3.05) is 0 Å². The highest BCUT2D eigenvalue weighted by atomic mass is 16.5. The molecular formula is C20H20O4. The molecule has 0 radical (unpaired) electrons. The maximum Gasteiger partial charge on any atom is 0.307 e. The number of rotatable bonds is 2. The molecule has 3 aliphatic rings. The highest BCUT2D eigenvalue weighted by Gasteiger charge is 2.51. The first-order valence-electron chi connectivity index (χ1n) is 8.36. The number of fused-ring (bicyclic) bond motifs is 6. The van der Waals surface area contributed by atoms with Crippen molar-refractivity contribution >= 4 is 23.5 Å². The SMILES string of the molecule is CC(=O)OC1=c2ccc(C)cc2=C(OC(C)=O)C2C3C=CC(C3)C12. The molecule has 1 aromatic rings. The van der Waals surface area contributed by atoms with Crippen LogP contribution in [-0.2, 0) is 19.1 Å². The predicted molar refractivity (Wildman–Crippen MR) is 88.5 cm³/mol. The van der Waals surface area contributed by atoms with E-state index in [0.717, 1.165) is 33.9 Å². The summed E-state index contributed by atoms with van der Waals surface area (Å²) in [4.78, 5) is 23.4. The molecule has 1 saturated carbocycles. The maximum absolute atomic E-state index is 11.7. The molecule has 1 fully saturated rings. The largest absolute Gasteiger partial charge is 0.430 e. The topological polar surface area (TPSA) is 52.6 Å². The molecule has 4 atom stereocenters. The zero-order valence-corrected chi connectivity index (χ0v) is 14.0. The molecule has 1 aromatic carbocycles. The summed E-state index contributed by atoms with van der Waals surface area (Å²) in [5, 5.41) is 1.75. The van der Waals surface area contributed by atoms with Crippen LogP contribution in [0.5, 0.6) is 0 Å². The third-order valence-electron chi connectivity index (χ3n) is 5.28. The summed E-state index contributed by atoms with van der Waals surface area (Å²) in [6, 6.07) is 5.98. The van der Waals surface area contributed by atoms with E-state index in [4.69, 9.17) is 9.47 Å². The van der Waals surface area contributed by atoms with Crippen LogP contribution in [0.4, 0.5) is 0 Å². The third-order valence-corrected chi connectivity index (χ3v) is 5.28. The average molecular weight is 324 g/mol. The minimum atomic E-state index is -0.307. The van der Waals surface area contributed by atoms with E-state index >= 15 is 0 Å². The molecule has 0 spiro atoms. The Morgan fingerprint density at radius 3 is 2.00 bits per heavy atom. The van der Waals surface area contributed by atoms with Gasteiger partial charge in [0.05, 0.1) is 0 Å². The van der Waals surface area contributed by atoms with E-state index < -0.39 is 0 Å². The van der Waals surface area contributed by atoms with Crippen LogP contribution in [-0.4, -0.2) is 11.9 Å². The van der Waals surface area contributed by atoms with Crippen molar-refractivity contribution in [1.29, 1.82) is 0 Å². The van der Waals surface area contributed by atoms with Crippen LogP contribution in [0.2, 0.25) is 0 Å². The van der Waals surface area contributed by atoms with E-state index in [9.17, 15) is 9.59 Å². The number of benzene rings is 1. The Bertz CT molecular complexity index is 893. The number of aryl methyl sites for hydroxylation is 1. The van der Waals surface area contributed by atoms with Crippen molar-refractivity contribution in [2.45, 2.75) is 27.2 Å². The molecular weight excluding hydrogens is 304 g/mol. The van der Waals surface area contributed by atoms with Crippen LogP contribution < -0.4 is 10.4 Å². The van der Waals surface area contributed by atoms with Crippen LogP contribution in [0.15, 0.2) is 30.4 Å². The van der Waals surface area contributed by atoms with Gasteiger partial charge in [-0.1, -0.05) is 29.8 Å². The van der Waals surface area contributed by atoms with Gasteiger partial charge in [-0.05, 0) is 31.2 Å². The molecule has 124 valence electrons. The highest BCUT2D eigenvalue weighted by Crippen LogP contribution is 2.55. The van der Waals surface area contributed by atoms with Gasteiger partial charge in [0.15, 0.2) is 0 Å². The van der Waals surface area contributed by atoms with E-state index in [1.165, 1.54) is 13.8 Å². The van der Waals surface area contributed by atoms with E-state index in [2.05, 4.69) is 12.2 Å². The predicted octanol–water partition coefficient (Wildman–Crippen LogP) is 1.79. The molecule has 0 N–H and O–H groups in total. The lowest BCUT2D eigenvalue weighted by molar-refractivity contribution is -0.136. The fourth-order valence-corrected chi connectivity index (χ4v) is 4.53. The van der Waals surface area contributed by atoms with Gasteiger partial charge in [-0.2, -0.15) is 0 Å². The van der Waals surface area contributed by atoms with Gasteiger partial charge in [-0.15, -0.1) is 0 Å². The summed E-state index contributed by atoms with van der Waals surface area (Å²) < 4.78 is 11.3.